The van der Waals surface area contributed by atoms with E-state index in [1.807, 2.05) is 30.3 Å². The van der Waals surface area contributed by atoms with Crippen molar-refractivity contribution < 1.29 is 28.2 Å². The third kappa shape index (κ3) is 5.46. The minimum atomic E-state index is -1.00. The quantitative estimate of drug-likeness (QED) is 0.294. The molecule has 0 aliphatic carbocycles. The van der Waals surface area contributed by atoms with Gasteiger partial charge in [-0.05, 0) is 43.5 Å². The summed E-state index contributed by atoms with van der Waals surface area (Å²) in [6, 6.07) is 16.2. The number of hydrogen-bond donors (Lipinski definition) is 2. The van der Waals surface area contributed by atoms with Crippen LogP contribution in [0.4, 0.5) is 8.78 Å². The Hall–Kier alpha value is -4.40. The van der Waals surface area contributed by atoms with Gasteiger partial charge in [-0.1, -0.05) is 30.3 Å². The van der Waals surface area contributed by atoms with Crippen LogP contribution in [0.1, 0.15) is 53.3 Å². The molecule has 1 amide bonds. The van der Waals surface area contributed by atoms with Crippen molar-refractivity contribution in [3.05, 3.63) is 89.1 Å². The van der Waals surface area contributed by atoms with Crippen LogP contribution in [0.2, 0.25) is 0 Å². The summed E-state index contributed by atoms with van der Waals surface area (Å²) in [4.78, 5) is 33.7. The second-order valence-electron chi connectivity index (χ2n) is 9.16. The number of aromatic nitrogens is 2. The zero-order chi connectivity index (χ0) is 26.6. The lowest BCUT2D eigenvalue weighted by Gasteiger charge is -2.27. The summed E-state index contributed by atoms with van der Waals surface area (Å²) in [5, 5.41) is 11.9. The molecule has 2 N–H and O–H groups in total. The fourth-order valence-corrected chi connectivity index (χ4v) is 4.58. The summed E-state index contributed by atoms with van der Waals surface area (Å²) in [6.45, 7) is 0.264. The minimum Gasteiger partial charge on any atom is -0.493 e. The van der Waals surface area contributed by atoms with E-state index < -0.39 is 23.6 Å². The van der Waals surface area contributed by atoms with Gasteiger partial charge < -0.3 is 15.2 Å². The van der Waals surface area contributed by atoms with Gasteiger partial charge in [0, 0.05) is 35.6 Å². The Morgan fingerprint density at radius 1 is 0.974 bits per heavy atom. The molecule has 7 nitrogen and oxygen atoms in total. The largest absolute Gasteiger partial charge is 0.493 e. The van der Waals surface area contributed by atoms with E-state index >= 15 is 0 Å². The van der Waals surface area contributed by atoms with Gasteiger partial charge in [0.25, 0.3) is 5.91 Å². The number of carboxylic acid groups (broad SMARTS) is 1. The number of ether oxygens (including phenoxy) is 1. The molecule has 0 bridgehead atoms. The van der Waals surface area contributed by atoms with Crippen LogP contribution < -0.4 is 10.1 Å². The van der Waals surface area contributed by atoms with E-state index in [2.05, 4.69) is 5.32 Å². The van der Waals surface area contributed by atoms with Gasteiger partial charge in [-0.3, -0.25) is 9.59 Å². The SMILES string of the molecule is O=C(O)CCCCc1nc2cc(C(=O)NC3CCOc4cc(F)c(F)cc43)ccc2nc1-c1ccccc1. The number of unbranched alkanes of at least 4 members (excludes halogenated alkanes) is 1. The standard InChI is InChI=1S/C29H25F2N3O4/c30-20-15-19-22(12-13-38-26(19)16-21(20)31)34-29(37)18-10-11-23-25(14-18)32-24(8-4-5-9-27(35)36)28(33-23)17-6-2-1-3-7-17/h1-3,6-7,10-11,14-16,22H,4-5,8-9,12-13H2,(H,34,37)(H,35,36). The van der Waals surface area contributed by atoms with Crippen molar-refractivity contribution in [2.24, 2.45) is 0 Å². The molecule has 4 aromatic rings. The number of fused-ring (bicyclic) bond motifs is 2. The molecule has 1 aromatic heterocycles. The lowest BCUT2D eigenvalue weighted by Crippen LogP contribution is -2.32. The molecule has 1 aliphatic heterocycles. The maximum Gasteiger partial charge on any atom is 0.303 e. The molecule has 0 fully saturated rings. The molecule has 0 spiro atoms. The Labute approximate surface area is 217 Å². The average molecular weight is 518 g/mol. The number of hydrogen-bond acceptors (Lipinski definition) is 5. The summed E-state index contributed by atoms with van der Waals surface area (Å²) in [7, 11) is 0. The number of carboxylic acids is 1. The monoisotopic (exact) mass is 517 g/mol. The first-order valence-electron chi connectivity index (χ1n) is 12.4. The van der Waals surface area contributed by atoms with E-state index in [1.54, 1.807) is 18.2 Å². The van der Waals surface area contributed by atoms with Crippen LogP contribution in [0.25, 0.3) is 22.3 Å². The number of aliphatic carboxylic acids is 1. The second-order valence-corrected chi connectivity index (χ2v) is 9.16. The van der Waals surface area contributed by atoms with Crippen molar-refractivity contribution in [3.8, 4) is 17.0 Å². The molecule has 0 radical (unpaired) electrons. The molecular weight excluding hydrogens is 492 g/mol. The lowest BCUT2D eigenvalue weighted by atomic mass is 9.99. The molecule has 1 atom stereocenters. The summed E-state index contributed by atoms with van der Waals surface area (Å²) < 4.78 is 32.9. The van der Waals surface area contributed by atoms with Crippen molar-refractivity contribution in [1.82, 2.24) is 15.3 Å². The van der Waals surface area contributed by atoms with Gasteiger partial charge in [-0.2, -0.15) is 0 Å². The Kier molecular flexibility index (Phi) is 7.26. The molecule has 38 heavy (non-hydrogen) atoms. The fourth-order valence-electron chi connectivity index (χ4n) is 4.58. The van der Waals surface area contributed by atoms with Crippen molar-refractivity contribution in [1.29, 1.82) is 0 Å². The Morgan fingerprint density at radius 2 is 1.76 bits per heavy atom. The van der Waals surface area contributed by atoms with Crippen LogP contribution in [0, 0.1) is 11.6 Å². The highest BCUT2D eigenvalue weighted by Crippen LogP contribution is 2.34. The van der Waals surface area contributed by atoms with Gasteiger partial charge in [0.15, 0.2) is 11.6 Å². The first-order chi connectivity index (χ1) is 18.4. The molecule has 194 valence electrons. The number of nitrogens with one attached hydrogen (secondary N) is 1. The summed E-state index contributed by atoms with van der Waals surface area (Å²) in [5.41, 5.74) is 4.24. The number of aryl methyl sites for hydroxylation is 1. The van der Waals surface area contributed by atoms with Gasteiger partial charge in [0.05, 0.1) is 35.1 Å². The topological polar surface area (TPSA) is 101 Å². The minimum absolute atomic E-state index is 0.0812. The third-order valence-electron chi connectivity index (χ3n) is 6.50. The molecule has 1 aliphatic rings. The normalized spacial score (nSPS) is 14.5. The molecular formula is C29H25F2N3O4. The van der Waals surface area contributed by atoms with E-state index in [0.29, 0.717) is 47.8 Å². The van der Waals surface area contributed by atoms with Gasteiger partial charge in [-0.25, -0.2) is 18.7 Å². The second kappa shape index (κ2) is 10.9. The molecule has 5 rings (SSSR count). The highest BCUT2D eigenvalue weighted by molar-refractivity contribution is 5.97. The number of benzene rings is 3. The van der Waals surface area contributed by atoms with Crippen LogP contribution in [0.5, 0.6) is 5.75 Å². The third-order valence-corrected chi connectivity index (χ3v) is 6.50. The Bertz CT molecular complexity index is 1510. The molecule has 0 saturated heterocycles. The fraction of sp³-hybridized carbons (Fsp3) is 0.241. The molecule has 0 saturated carbocycles. The molecule has 3 aromatic carbocycles. The highest BCUT2D eigenvalue weighted by atomic mass is 19.2. The smallest absolute Gasteiger partial charge is 0.303 e. The Morgan fingerprint density at radius 3 is 2.55 bits per heavy atom. The van der Waals surface area contributed by atoms with Gasteiger partial charge in [0.1, 0.15) is 5.75 Å². The van der Waals surface area contributed by atoms with Gasteiger partial charge >= 0.3 is 5.97 Å². The van der Waals surface area contributed by atoms with Crippen LogP contribution >= 0.6 is 0 Å². The van der Waals surface area contributed by atoms with Gasteiger partial charge in [-0.15, -0.1) is 0 Å². The highest BCUT2D eigenvalue weighted by Gasteiger charge is 2.26. The van der Waals surface area contributed by atoms with E-state index in [4.69, 9.17) is 19.8 Å². The summed E-state index contributed by atoms with van der Waals surface area (Å²) >= 11 is 0. The molecule has 1 unspecified atom stereocenters. The maximum absolute atomic E-state index is 13.9. The van der Waals surface area contributed by atoms with Crippen LogP contribution in [-0.2, 0) is 11.2 Å². The summed E-state index contributed by atoms with van der Waals surface area (Å²) in [5.74, 6) is -3.01. The predicted octanol–water partition coefficient (Wildman–Crippen LogP) is 5.63. The lowest BCUT2D eigenvalue weighted by molar-refractivity contribution is -0.137. The molecule has 2 heterocycles. The Balaban J connectivity index is 1.43. The van der Waals surface area contributed by atoms with E-state index in [-0.39, 0.29) is 24.7 Å². The van der Waals surface area contributed by atoms with Crippen molar-refractivity contribution in [2.75, 3.05) is 6.61 Å². The predicted molar refractivity (Wildman–Crippen MR) is 137 cm³/mol. The number of rotatable bonds is 8. The molecule has 9 heteroatoms. The van der Waals surface area contributed by atoms with Crippen molar-refractivity contribution in [3.63, 3.8) is 0 Å². The summed E-state index contributed by atoms with van der Waals surface area (Å²) in [6.07, 6.45) is 2.18. The van der Waals surface area contributed by atoms with Gasteiger partial charge in [0.2, 0.25) is 0 Å². The van der Waals surface area contributed by atoms with Crippen molar-refractivity contribution in [2.45, 2.75) is 38.1 Å². The number of halogens is 2. The first kappa shape index (κ1) is 25.3. The van der Waals surface area contributed by atoms with E-state index in [9.17, 15) is 18.4 Å². The number of amides is 1. The number of carbonyl (C=O) groups excluding carboxylic acids is 1. The first-order valence-corrected chi connectivity index (χ1v) is 12.4. The van der Waals surface area contributed by atoms with E-state index in [0.717, 1.165) is 29.1 Å². The maximum atomic E-state index is 13.9. The average Bonchev–Trinajstić information content (AvgIpc) is 2.91. The number of carbonyl (C=O) groups is 2. The van der Waals surface area contributed by atoms with Crippen LogP contribution in [0.15, 0.2) is 60.7 Å². The van der Waals surface area contributed by atoms with E-state index in [1.165, 1.54) is 0 Å². The number of nitrogens with zero attached hydrogens (tertiary/aromatic N) is 2. The van der Waals surface area contributed by atoms with Crippen LogP contribution in [0.3, 0.4) is 0 Å². The zero-order valence-electron chi connectivity index (χ0n) is 20.4. The van der Waals surface area contributed by atoms with Crippen molar-refractivity contribution >= 4 is 22.9 Å². The zero-order valence-corrected chi connectivity index (χ0v) is 20.4. The van der Waals surface area contributed by atoms with Crippen LogP contribution in [-0.4, -0.2) is 33.6 Å².